The van der Waals surface area contributed by atoms with Gasteiger partial charge in [0.15, 0.2) is 0 Å². The predicted octanol–water partition coefficient (Wildman–Crippen LogP) is 2.06. The molecule has 3 rings (SSSR count). The van der Waals surface area contributed by atoms with Crippen molar-refractivity contribution in [2.45, 2.75) is 52.7 Å². The van der Waals surface area contributed by atoms with Crippen molar-refractivity contribution < 1.29 is 4.79 Å². The van der Waals surface area contributed by atoms with Crippen LogP contribution in [0, 0.1) is 13.8 Å². The maximum atomic E-state index is 12.9. The van der Waals surface area contributed by atoms with E-state index in [0.717, 1.165) is 62.8 Å². The molecule has 1 atom stereocenters. The van der Waals surface area contributed by atoms with Crippen molar-refractivity contribution in [2.24, 2.45) is 0 Å². The first-order valence-corrected chi connectivity index (χ1v) is 9.90. The molecule has 0 aliphatic carbocycles. The van der Waals surface area contributed by atoms with Gasteiger partial charge in [0.25, 0.3) is 0 Å². The molecule has 0 aromatic carbocycles. The van der Waals surface area contributed by atoms with Crippen LogP contribution >= 0.6 is 11.8 Å². The van der Waals surface area contributed by atoms with E-state index >= 15 is 0 Å². The standard InChI is InChI=1S/C17H28N4OS/c1-4-21-14(3)15(13(2)18-21)12-20-7-5-6-16(20)17(22)19-8-10-23-11-9-19/h16H,4-12H2,1-3H3/t16-/m1/s1. The Hall–Kier alpha value is -1.01. The van der Waals surface area contributed by atoms with Gasteiger partial charge in [0.05, 0.1) is 11.7 Å². The second kappa shape index (κ2) is 7.26. The van der Waals surface area contributed by atoms with Gasteiger partial charge in [0.1, 0.15) is 0 Å². The normalized spacial score (nSPS) is 22.7. The van der Waals surface area contributed by atoms with Gasteiger partial charge in [0, 0.05) is 48.9 Å². The molecule has 2 fully saturated rings. The number of aromatic nitrogens is 2. The number of carbonyl (C=O) groups excluding carboxylic acids is 1. The quantitative estimate of drug-likeness (QED) is 0.844. The summed E-state index contributed by atoms with van der Waals surface area (Å²) in [5, 5.41) is 4.62. The van der Waals surface area contributed by atoms with Crippen molar-refractivity contribution in [3.8, 4) is 0 Å². The average Bonchev–Trinajstić information content (AvgIpc) is 3.14. The Balaban J connectivity index is 1.72. The van der Waals surface area contributed by atoms with Gasteiger partial charge >= 0.3 is 0 Å². The molecule has 2 saturated heterocycles. The minimum absolute atomic E-state index is 0.0712. The molecule has 2 aliphatic heterocycles. The molecule has 1 aromatic rings. The SMILES string of the molecule is CCn1nc(C)c(CN2CCC[C@@H]2C(=O)N2CCSCC2)c1C. The van der Waals surface area contributed by atoms with E-state index in [4.69, 9.17) is 0 Å². The first-order valence-electron chi connectivity index (χ1n) is 8.75. The largest absolute Gasteiger partial charge is 0.340 e. The molecule has 0 N–H and O–H groups in total. The van der Waals surface area contributed by atoms with E-state index in [2.05, 4.69) is 40.4 Å². The van der Waals surface area contributed by atoms with Crippen molar-refractivity contribution in [3.63, 3.8) is 0 Å². The minimum atomic E-state index is 0.0712. The molecule has 6 heteroatoms. The predicted molar refractivity (Wildman–Crippen MR) is 94.7 cm³/mol. The molecule has 2 aliphatic rings. The van der Waals surface area contributed by atoms with Gasteiger partial charge in [-0.2, -0.15) is 16.9 Å². The number of likely N-dealkylation sites (tertiary alicyclic amines) is 1. The maximum absolute atomic E-state index is 12.9. The molecule has 0 saturated carbocycles. The molecule has 128 valence electrons. The first kappa shape index (κ1) is 16.8. The Kier molecular flexibility index (Phi) is 5.31. The minimum Gasteiger partial charge on any atom is -0.340 e. The third kappa shape index (κ3) is 3.43. The van der Waals surface area contributed by atoms with Crippen molar-refractivity contribution >= 4 is 17.7 Å². The van der Waals surface area contributed by atoms with Gasteiger partial charge in [0.2, 0.25) is 5.91 Å². The number of hydrogen-bond acceptors (Lipinski definition) is 4. The highest BCUT2D eigenvalue weighted by Crippen LogP contribution is 2.25. The van der Waals surface area contributed by atoms with Crippen LogP contribution in [0.25, 0.3) is 0 Å². The third-order valence-corrected chi connectivity index (χ3v) is 6.11. The van der Waals surface area contributed by atoms with Crippen LogP contribution in [-0.2, 0) is 17.9 Å². The Morgan fingerprint density at radius 2 is 2.00 bits per heavy atom. The smallest absolute Gasteiger partial charge is 0.239 e. The Bertz CT molecular complexity index is 565. The highest BCUT2D eigenvalue weighted by atomic mass is 32.2. The molecular formula is C17H28N4OS. The van der Waals surface area contributed by atoms with E-state index in [1.165, 1.54) is 11.3 Å². The summed E-state index contributed by atoms with van der Waals surface area (Å²) in [4.78, 5) is 17.3. The molecule has 1 amide bonds. The molecule has 0 bridgehead atoms. The summed E-state index contributed by atoms with van der Waals surface area (Å²) < 4.78 is 2.07. The zero-order valence-corrected chi connectivity index (χ0v) is 15.4. The number of amides is 1. The summed E-state index contributed by atoms with van der Waals surface area (Å²) in [6.07, 6.45) is 2.13. The van der Waals surface area contributed by atoms with Crippen molar-refractivity contribution in [1.82, 2.24) is 19.6 Å². The Labute approximate surface area is 143 Å². The van der Waals surface area contributed by atoms with E-state index in [-0.39, 0.29) is 6.04 Å². The molecular weight excluding hydrogens is 308 g/mol. The third-order valence-electron chi connectivity index (χ3n) is 5.16. The van der Waals surface area contributed by atoms with Gasteiger partial charge in [-0.25, -0.2) is 0 Å². The Morgan fingerprint density at radius 1 is 1.26 bits per heavy atom. The Morgan fingerprint density at radius 3 is 2.65 bits per heavy atom. The number of hydrogen-bond donors (Lipinski definition) is 0. The van der Waals surface area contributed by atoms with Crippen molar-refractivity contribution in [2.75, 3.05) is 31.1 Å². The summed E-state index contributed by atoms with van der Waals surface area (Å²) >= 11 is 1.95. The summed E-state index contributed by atoms with van der Waals surface area (Å²) in [7, 11) is 0. The topological polar surface area (TPSA) is 41.4 Å². The van der Waals surface area contributed by atoms with E-state index < -0.39 is 0 Å². The van der Waals surface area contributed by atoms with Crippen molar-refractivity contribution in [3.05, 3.63) is 17.0 Å². The zero-order valence-electron chi connectivity index (χ0n) is 14.5. The van der Waals surface area contributed by atoms with E-state index in [1.807, 2.05) is 11.8 Å². The lowest BCUT2D eigenvalue weighted by atomic mass is 10.1. The molecule has 0 unspecified atom stereocenters. The average molecular weight is 337 g/mol. The molecule has 3 heterocycles. The fourth-order valence-corrected chi connectivity index (χ4v) is 4.67. The number of carbonyl (C=O) groups is 1. The molecule has 1 aromatic heterocycles. The number of aryl methyl sites for hydroxylation is 2. The second-order valence-corrected chi connectivity index (χ2v) is 7.76. The molecule has 0 spiro atoms. The van der Waals surface area contributed by atoms with Crippen LogP contribution in [0.5, 0.6) is 0 Å². The molecule has 5 nitrogen and oxygen atoms in total. The summed E-state index contributed by atoms with van der Waals surface area (Å²) in [6, 6.07) is 0.0712. The van der Waals surface area contributed by atoms with Gasteiger partial charge in [-0.1, -0.05) is 0 Å². The van der Waals surface area contributed by atoms with E-state index in [1.54, 1.807) is 0 Å². The highest BCUT2D eigenvalue weighted by Gasteiger charge is 2.34. The second-order valence-electron chi connectivity index (χ2n) is 6.53. The molecule has 0 radical (unpaired) electrons. The first-order chi connectivity index (χ1) is 11.1. The lowest BCUT2D eigenvalue weighted by Gasteiger charge is -2.32. The van der Waals surface area contributed by atoms with Crippen LogP contribution in [-0.4, -0.2) is 62.7 Å². The zero-order chi connectivity index (χ0) is 16.4. The van der Waals surface area contributed by atoms with Crippen LogP contribution in [0.15, 0.2) is 0 Å². The van der Waals surface area contributed by atoms with Crippen LogP contribution in [0.3, 0.4) is 0 Å². The summed E-state index contributed by atoms with van der Waals surface area (Å²) in [5.41, 5.74) is 3.66. The van der Waals surface area contributed by atoms with Crippen LogP contribution in [0.1, 0.15) is 36.7 Å². The van der Waals surface area contributed by atoms with Gasteiger partial charge in [-0.15, -0.1) is 0 Å². The van der Waals surface area contributed by atoms with Crippen LogP contribution < -0.4 is 0 Å². The fourth-order valence-electron chi connectivity index (χ4n) is 3.76. The summed E-state index contributed by atoms with van der Waals surface area (Å²) in [5.74, 6) is 2.51. The lowest BCUT2D eigenvalue weighted by molar-refractivity contribution is -0.135. The number of rotatable bonds is 4. The lowest BCUT2D eigenvalue weighted by Crippen LogP contribution is -2.48. The highest BCUT2D eigenvalue weighted by molar-refractivity contribution is 7.99. The van der Waals surface area contributed by atoms with Gasteiger partial charge in [-0.3, -0.25) is 14.4 Å². The van der Waals surface area contributed by atoms with Crippen LogP contribution in [0.4, 0.5) is 0 Å². The van der Waals surface area contributed by atoms with Gasteiger partial charge in [-0.05, 0) is 40.2 Å². The van der Waals surface area contributed by atoms with E-state index in [0.29, 0.717) is 5.91 Å². The van der Waals surface area contributed by atoms with Gasteiger partial charge < -0.3 is 4.90 Å². The number of nitrogens with zero attached hydrogens (tertiary/aromatic N) is 4. The number of thioether (sulfide) groups is 1. The summed E-state index contributed by atoms with van der Waals surface area (Å²) in [6.45, 7) is 11.0. The van der Waals surface area contributed by atoms with Crippen molar-refractivity contribution in [1.29, 1.82) is 0 Å². The van der Waals surface area contributed by atoms with E-state index in [9.17, 15) is 4.79 Å². The molecule has 23 heavy (non-hydrogen) atoms. The monoisotopic (exact) mass is 336 g/mol. The fraction of sp³-hybridized carbons (Fsp3) is 0.765. The van der Waals surface area contributed by atoms with Crippen LogP contribution in [0.2, 0.25) is 0 Å². The maximum Gasteiger partial charge on any atom is 0.239 e.